The molecule has 2 aromatic heterocycles. The van der Waals surface area contributed by atoms with Gasteiger partial charge in [0.05, 0.1) is 11.2 Å². The molecule has 8 nitrogen and oxygen atoms in total. The van der Waals surface area contributed by atoms with Crippen LogP contribution < -0.4 is 9.62 Å². The molecule has 0 radical (unpaired) electrons. The second-order valence-electron chi connectivity index (χ2n) is 6.07. The standard InChI is InChI=1S/C18H20N4O4S/c1-12-18(13(2)26-21-12)27(24,25)20-10-11-22(14(3)23)16-8-4-6-15-7-5-9-19-17(15)16/h4-9,20H,10-11H2,1-3H3. The van der Waals surface area contributed by atoms with Gasteiger partial charge in [-0.25, -0.2) is 13.1 Å². The van der Waals surface area contributed by atoms with E-state index in [0.29, 0.717) is 16.9 Å². The van der Waals surface area contributed by atoms with Gasteiger partial charge in [-0.1, -0.05) is 23.4 Å². The Labute approximate surface area is 157 Å². The first-order valence-corrected chi connectivity index (χ1v) is 9.84. The number of rotatable bonds is 6. The van der Waals surface area contributed by atoms with Crippen molar-refractivity contribution >= 4 is 32.5 Å². The van der Waals surface area contributed by atoms with Crippen molar-refractivity contribution < 1.29 is 17.7 Å². The predicted molar refractivity (Wildman–Crippen MR) is 101 cm³/mol. The summed E-state index contributed by atoms with van der Waals surface area (Å²) in [6.07, 6.45) is 1.66. The van der Waals surface area contributed by atoms with Crippen LogP contribution >= 0.6 is 0 Å². The molecule has 0 aliphatic carbocycles. The maximum absolute atomic E-state index is 12.5. The van der Waals surface area contributed by atoms with E-state index in [1.54, 1.807) is 19.2 Å². The molecule has 0 unspecified atom stereocenters. The first kappa shape index (κ1) is 19.0. The predicted octanol–water partition coefficient (Wildman–Crippen LogP) is 2.17. The third-order valence-electron chi connectivity index (χ3n) is 4.15. The number of aryl methyl sites for hydroxylation is 2. The van der Waals surface area contributed by atoms with E-state index >= 15 is 0 Å². The Hall–Kier alpha value is -2.78. The van der Waals surface area contributed by atoms with E-state index in [-0.39, 0.29) is 29.7 Å². The SMILES string of the molecule is CC(=O)N(CCNS(=O)(=O)c1c(C)noc1C)c1cccc2cccnc12. The summed E-state index contributed by atoms with van der Waals surface area (Å²) in [5, 5.41) is 4.57. The molecule has 142 valence electrons. The topological polar surface area (TPSA) is 105 Å². The summed E-state index contributed by atoms with van der Waals surface area (Å²) < 4.78 is 32.4. The number of anilines is 1. The Morgan fingerprint density at radius 2 is 1.96 bits per heavy atom. The molecule has 3 aromatic rings. The van der Waals surface area contributed by atoms with Crippen molar-refractivity contribution in [3.8, 4) is 0 Å². The van der Waals surface area contributed by atoms with Crippen LogP contribution in [0.25, 0.3) is 10.9 Å². The van der Waals surface area contributed by atoms with Crippen molar-refractivity contribution in [2.75, 3.05) is 18.0 Å². The zero-order valence-corrected chi connectivity index (χ0v) is 16.1. The van der Waals surface area contributed by atoms with Crippen LogP contribution in [0.4, 0.5) is 5.69 Å². The summed E-state index contributed by atoms with van der Waals surface area (Å²) in [6.45, 7) is 4.74. The molecule has 0 saturated heterocycles. The Bertz CT molecular complexity index is 1070. The smallest absolute Gasteiger partial charge is 0.246 e. The second kappa shape index (κ2) is 7.45. The first-order valence-electron chi connectivity index (χ1n) is 8.35. The fraction of sp³-hybridized carbons (Fsp3) is 0.278. The van der Waals surface area contributed by atoms with Gasteiger partial charge in [0.1, 0.15) is 10.6 Å². The van der Waals surface area contributed by atoms with Gasteiger partial charge in [0, 0.05) is 31.6 Å². The van der Waals surface area contributed by atoms with Crippen molar-refractivity contribution in [1.82, 2.24) is 14.9 Å². The van der Waals surface area contributed by atoms with Gasteiger partial charge in [0.15, 0.2) is 5.76 Å². The fourth-order valence-electron chi connectivity index (χ4n) is 2.98. The molecule has 2 heterocycles. The average Bonchev–Trinajstić information content (AvgIpc) is 2.97. The van der Waals surface area contributed by atoms with Crippen LogP contribution in [0.1, 0.15) is 18.4 Å². The lowest BCUT2D eigenvalue weighted by atomic mass is 10.1. The summed E-state index contributed by atoms with van der Waals surface area (Å²) >= 11 is 0. The highest BCUT2D eigenvalue weighted by Gasteiger charge is 2.24. The molecule has 0 aliphatic rings. The number of pyridine rings is 1. The van der Waals surface area contributed by atoms with Crippen LogP contribution in [-0.4, -0.2) is 37.6 Å². The highest BCUT2D eigenvalue weighted by Crippen LogP contribution is 2.25. The lowest BCUT2D eigenvalue weighted by molar-refractivity contribution is -0.116. The van der Waals surface area contributed by atoms with Gasteiger partial charge in [-0.15, -0.1) is 0 Å². The third-order valence-corrected chi connectivity index (χ3v) is 5.85. The van der Waals surface area contributed by atoms with Gasteiger partial charge in [0.2, 0.25) is 15.9 Å². The highest BCUT2D eigenvalue weighted by molar-refractivity contribution is 7.89. The van der Waals surface area contributed by atoms with Crippen molar-refractivity contribution in [3.05, 3.63) is 48.0 Å². The van der Waals surface area contributed by atoms with E-state index in [9.17, 15) is 13.2 Å². The third kappa shape index (κ3) is 3.83. The number of carbonyl (C=O) groups is 1. The summed E-state index contributed by atoms with van der Waals surface area (Å²) in [7, 11) is -3.78. The molecule has 9 heteroatoms. The van der Waals surface area contributed by atoms with Gasteiger partial charge >= 0.3 is 0 Å². The van der Waals surface area contributed by atoms with Crippen molar-refractivity contribution in [1.29, 1.82) is 0 Å². The molecule has 27 heavy (non-hydrogen) atoms. The number of aromatic nitrogens is 2. The molecular formula is C18H20N4O4S. The highest BCUT2D eigenvalue weighted by atomic mass is 32.2. The van der Waals surface area contributed by atoms with Gasteiger partial charge in [-0.05, 0) is 26.0 Å². The number of nitrogens with zero attached hydrogens (tertiary/aromatic N) is 3. The minimum atomic E-state index is -3.78. The van der Waals surface area contributed by atoms with Crippen LogP contribution in [0, 0.1) is 13.8 Å². The maximum Gasteiger partial charge on any atom is 0.246 e. The first-order chi connectivity index (χ1) is 12.8. The normalized spacial score (nSPS) is 11.7. The molecule has 1 amide bonds. The second-order valence-corrected chi connectivity index (χ2v) is 7.78. The van der Waals surface area contributed by atoms with E-state index < -0.39 is 10.0 Å². The monoisotopic (exact) mass is 388 g/mol. The summed E-state index contributed by atoms with van der Waals surface area (Å²) in [5.41, 5.74) is 1.61. The number of para-hydroxylation sites is 1. The van der Waals surface area contributed by atoms with Gasteiger partial charge in [0.25, 0.3) is 0 Å². The molecule has 0 spiro atoms. The minimum absolute atomic E-state index is 0.0312. The number of hydrogen-bond donors (Lipinski definition) is 1. The molecule has 0 bridgehead atoms. The van der Waals surface area contributed by atoms with Gasteiger partial charge in [-0.2, -0.15) is 0 Å². The Balaban J connectivity index is 1.81. The Morgan fingerprint density at radius 1 is 1.22 bits per heavy atom. The van der Waals surface area contributed by atoms with Crippen molar-refractivity contribution in [2.45, 2.75) is 25.7 Å². The van der Waals surface area contributed by atoms with E-state index in [2.05, 4.69) is 14.9 Å². The fourth-order valence-corrected chi connectivity index (χ4v) is 4.32. The maximum atomic E-state index is 12.5. The number of benzene rings is 1. The van der Waals surface area contributed by atoms with E-state index in [4.69, 9.17) is 4.52 Å². The lowest BCUT2D eigenvalue weighted by Crippen LogP contribution is -2.38. The van der Waals surface area contributed by atoms with E-state index in [1.807, 2.05) is 24.3 Å². The number of nitrogens with one attached hydrogen (secondary N) is 1. The molecule has 0 fully saturated rings. The zero-order valence-electron chi connectivity index (χ0n) is 15.3. The summed E-state index contributed by atoms with van der Waals surface area (Å²) in [5.74, 6) is 0.0198. The molecule has 1 N–H and O–H groups in total. The number of carbonyl (C=O) groups excluding carboxylic acids is 1. The minimum Gasteiger partial charge on any atom is -0.360 e. The average molecular weight is 388 g/mol. The van der Waals surface area contributed by atoms with Crippen LogP contribution in [0.3, 0.4) is 0 Å². The molecule has 1 aromatic carbocycles. The van der Waals surface area contributed by atoms with Crippen LogP contribution in [0.15, 0.2) is 45.9 Å². The largest absolute Gasteiger partial charge is 0.360 e. The lowest BCUT2D eigenvalue weighted by Gasteiger charge is -2.22. The number of hydrogen-bond acceptors (Lipinski definition) is 6. The van der Waals surface area contributed by atoms with Crippen LogP contribution in [0.5, 0.6) is 0 Å². The van der Waals surface area contributed by atoms with Gasteiger partial charge < -0.3 is 9.42 Å². The molecule has 0 saturated carbocycles. The quantitative estimate of drug-likeness (QED) is 0.694. The molecule has 0 aliphatic heterocycles. The number of amides is 1. The Morgan fingerprint density at radius 3 is 2.63 bits per heavy atom. The van der Waals surface area contributed by atoms with Crippen LogP contribution in [0.2, 0.25) is 0 Å². The van der Waals surface area contributed by atoms with E-state index in [1.165, 1.54) is 18.7 Å². The Kier molecular flexibility index (Phi) is 5.24. The van der Waals surface area contributed by atoms with E-state index in [0.717, 1.165) is 5.39 Å². The molecular weight excluding hydrogens is 368 g/mol. The van der Waals surface area contributed by atoms with Crippen molar-refractivity contribution in [2.24, 2.45) is 0 Å². The zero-order chi connectivity index (χ0) is 19.6. The van der Waals surface area contributed by atoms with Crippen molar-refractivity contribution in [3.63, 3.8) is 0 Å². The molecule has 0 atom stereocenters. The summed E-state index contributed by atoms with van der Waals surface area (Å²) in [4.78, 5) is 18.1. The summed E-state index contributed by atoms with van der Waals surface area (Å²) in [6, 6.07) is 9.26. The van der Waals surface area contributed by atoms with Crippen LogP contribution in [-0.2, 0) is 14.8 Å². The number of sulfonamides is 1. The number of fused-ring (bicyclic) bond motifs is 1. The molecule has 3 rings (SSSR count). The van der Waals surface area contributed by atoms with Gasteiger partial charge in [-0.3, -0.25) is 9.78 Å².